The Labute approximate surface area is 193 Å². The molecule has 4 rings (SSSR count). The van der Waals surface area contributed by atoms with Gasteiger partial charge >= 0.3 is 6.03 Å². The lowest BCUT2D eigenvalue weighted by Gasteiger charge is -2.45. The Morgan fingerprint density at radius 2 is 1.56 bits per heavy atom. The second-order valence-corrected chi connectivity index (χ2v) is 10.8. The molecule has 32 heavy (non-hydrogen) atoms. The minimum Gasteiger partial charge on any atom is -0.313 e. The number of imide groups is 1. The van der Waals surface area contributed by atoms with Crippen LogP contribution in [0.5, 0.6) is 0 Å². The van der Waals surface area contributed by atoms with Gasteiger partial charge in [-0.25, -0.2) is 4.79 Å². The largest absolute Gasteiger partial charge is 0.327 e. The molecule has 2 N–H and O–H groups in total. The van der Waals surface area contributed by atoms with E-state index in [1.807, 2.05) is 6.92 Å². The number of hydrogen-bond acceptors (Lipinski definition) is 5. The summed E-state index contributed by atoms with van der Waals surface area (Å²) in [4.78, 5) is 43.2. The number of ketones is 1. The molecule has 0 bridgehead atoms. The first-order valence-corrected chi connectivity index (χ1v) is 13.0. The summed E-state index contributed by atoms with van der Waals surface area (Å²) in [5.41, 5.74) is -1.03. The van der Waals surface area contributed by atoms with E-state index < -0.39 is 5.54 Å². The molecule has 0 radical (unpaired) electrons. The van der Waals surface area contributed by atoms with E-state index in [9.17, 15) is 14.4 Å². The first kappa shape index (κ1) is 23.7. The Balaban J connectivity index is 1.51. The average Bonchev–Trinajstić information content (AvgIpc) is 3.05. The van der Waals surface area contributed by atoms with Crippen molar-refractivity contribution < 1.29 is 14.4 Å². The van der Waals surface area contributed by atoms with Crippen LogP contribution in [0.4, 0.5) is 4.79 Å². The summed E-state index contributed by atoms with van der Waals surface area (Å²) in [6, 6.07) is -0.309. The number of nitrogens with zero attached hydrogens (tertiary/aromatic N) is 2. The predicted octanol–water partition coefficient (Wildman–Crippen LogP) is 3.43. The van der Waals surface area contributed by atoms with Crippen LogP contribution in [0.3, 0.4) is 0 Å². The molecule has 7 nitrogen and oxygen atoms in total. The molecule has 4 fully saturated rings. The second kappa shape index (κ2) is 9.80. The highest BCUT2D eigenvalue weighted by Crippen LogP contribution is 2.41. The van der Waals surface area contributed by atoms with Crippen molar-refractivity contribution in [3.8, 4) is 0 Å². The molecule has 180 valence electrons. The molecule has 2 saturated carbocycles. The van der Waals surface area contributed by atoms with E-state index in [2.05, 4.69) is 10.6 Å². The number of urea groups is 1. The van der Waals surface area contributed by atoms with Gasteiger partial charge in [0.2, 0.25) is 0 Å². The lowest BCUT2D eigenvalue weighted by atomic mass is 9.73. The summed E-state index contributed by atoms with van der Waals surface area (Å²) in [6.07, 6.45) is 14.6. The molecule has 4 aliphatic rings. The van der Waals surface area contributed by atoms with Crippen molar-refractivity contribution in [2.24, 2.45) is 11.8 Å². The van der Waals surface area contributed by atoms with Crippen molar-refractivity contribution in [1.82, 2.24) is 20.4 Å². The summed E-state index contributed by atoms with van der Waals surface area (Å²) >= 11 is 0. The molecule has 2 saturated heterocycles. The SMILES string of the molecule is CN1C(=O)N(CC(=O)C2CNCNC23CCCCCCCC3)C(=O)C1(C)C1CCCCC1. The Morgan fingerprint density at radius 3 is 2.22 bits per heavy atom. The zero-order chi connectivity index (χ0) is 22.8. The minimum absolute atomic E-state index is 0.0203. The van der Waals surface area contributed by atoms with Gasteiger partial charge in [0.15, 0.2) is 5.78 Å². The maximum Gasteiger partial charge on any atom is 0.327 e. The number of nitrogens with one attached hydrogen (secondary N) is 2. The summed E-state index contributed by atoms with van der Waals surface area (Å²) in [5, 5.41) is 6.99. The quantitative estimate of drug-likeness (QED) is 0.647. The first-order chi connectivity index (χ1) is 15.4. The number of carbonyl (C=O) groups is 3. The predicted molar refractivity (Wildman–Crippen MR) is 124 cm³/mol. The molecule has 7 heteroatoms. The third-order valence-electron chi connectivity index (χ3n) is 9.07. The Hall–Kier alpha value is -1.47. The molecule has 1 spiro atoms. The number of amides is 3. The molecule has 2 heterocycles. The number of likely N-dealkylation sites (N-methyl/N-ethyl adjacent to an activating group) is 1. The van der Waals surface area contributed by atoms with Crippen LogP contribution < -0.4 is 10.6 Å². The molecule has 3 amide bonds. The van der Waals surface area contributed by atoms with E-state index in [0.29, 0.717) is 13.2 Å². The van der Waals surface area contributed by atoms with Crippen molar-refractivity contribution in [3.05, 3.63) is 0 Å². The highest BCUT2D eigenvalue weighted by Gasteiger charge is 2.57. The number of rotatable bonds is 4. The van der Waals surface area contributed by atoms with E-state index in [4.69, 9.17) is 0 Å². The van der Waals surface area contributed by atoms with Gasteiger partial charge in [-0.15, -0.1) is 0 Å². The fourth-order valence-corrected chi connectivity index (χ4v) is 6.84. The Kier molecular flexibility index (Phi) is 7.25. The molecular formula is C25H42N4O3. The maximum atomic E-state index is 13.7. The smallest absolute Gasteiger partial charge is 0.313 e. The molecule has 0 aromatic heterocycles. The van der Waals surface area contributed by atoms with Gasteiger partial charge in [0.05, 0.1) is 12.5 Å². The fourth-order valence-electron chi connectivity index (χ4n) is 6.84. The first-order valence-electron chi connectivity index (χ1n) is 13.0. The van der Waals surface area contributed by atoms with E-state index in [-0.39, 0.29) is 41.6 Å². The zero-order valence-electron chi connectivity index (χ0n) is 20.1. The van der Waals surface area contributed by atoms with Gasteiger partial charge in [-0.2, -0.15) is 0 Å². The lowest BCUT2D eigenvalue weighted by molar-refractivity contribution is -0.139. The van der Waals surface area contributed by atoms with E-state index >= 15 is 0 Å². The van der Waals surface area contributed by atoms with Gasteiger partial charge in [-0.3, -0.25) is 19.8 Å². The van der Waals surface area contributed by atoms with Crippen LogP contribution in [-0.4, -0.2) is 65.4 Å². The molecule has 2 aliphatic carbocycles. The number of hydrogen-bond donors (Lipinski definition) is 2. The van der Waals surface area contributed by atoms with Crippen LogP contribution in [0.25, 0.3) is 0 Å². The van der Waals surface area contributed by atoms with Crippen LogP contribution >= 0.6 is 0 Å². The van der Waals surface area contributed by atoms with Gasteiger partial charge in [-0.1, -0.05) is 57.8 Å². The van der Waals surface area contributed by atoms with E-state index in [0.717, 1.165) is 51.4 Å². The van der Waals surface area contributed by atoms with Gasteiger partial charge < -0.3 is 10.2 Å². The minimum atomic E-state index is -0.823. The third-order valence-corrected chi connectivity index (χ3v) is 9.07. The summed E-state index contributed by atoms with van der Waals surface area (Å²) < 4.78 is 0. The van der Waals surface area contributed by atoms with Gasteiger partial charge in [0.1, 0.15) is 5.54 Å². The van der Waals surface area contributed by atoms with Crippen LogP contribution in [0.2, 0.25) is 0 Å². The fraction of sp³-hybridized carbons (Fsp3) is 0.880. The molecule has 2 aliphatic heterocycles. The van der Waals surface area contributed by atoms with Crippen LogP contribution in [-0.2, 0) is 9.59 Å². The lowest BCUT2D eigenvalue weighted by Crippen LogP contribution is -2.64. The van der Waals surface area contributed by atoms with Crippen molar-refractivity contribution in [3.63, 3.8) is 0 Å². The van der Waals surface area contributed by atoms with Crippen LogP contribution in [0, 0.1) is 11.8 Å². The zero-order valence-corrected chi connectivity index (χ0v) is 20.1. The van der Waals surface area contributed by atoms with E-state index in [1.165, 1.54) is 37.0 Å². The average molecular weight is 447 g/mol. The topological polar surface area (TPSA) is 81.8 Å². The maximum absolute atomic E-state index is 13.7. The van der Waals surface area contributed by atoms with Crippen molar-refractivity contribution in [2.45, 2.75) is 101 Å². The monoisotopic (exact) mass is 446 g/mol. The number of carbonyl (C=O) groups excluding carboxylic acids is 3. The summed E-state index contributed by atoms with van der Waals surface area (Å²) in [6.45, 7) is 3.16. The molecule has 0 aromatic carbocycles. The van der Waals surface area contributed by atoms with Gasteiger partial charge in [0, 0.05) is 25.8 Å². The standard InChI is InChI=1S/C25H42N4O3/c1-24(19-12-8-7-9-13-19)22(31)29(23(32)28(24)2)17-21(30)20-16-26-18-27-25(20)14-10-5-3-4-6-11-15-25/h19-20,26-27H,3-18H2,1-2H3. The van der Waals surface area contributed by atoms with Crippen molar-refractivity contribution in [1.29, 1.82) is 0 Å². The molecule has 2 unspecified atom stereocenters. The normalized spacial score (nSPS) is 32.6. The van der Waals surface area contributed by atoms with Gasteiger partial charge in [-0.05, 0) is 38.5 Å². The van der Waals surface area contributed by atoms with Gasteiger partial charge in [0.25, 0.3) is 5.91 Å². The molecular weight excluding hydrogens is 404 g/mol. The Morgan fingerprint density at radius 1 is 0.969 bits per heavy atom. The summed E-state index contributed by atoms with van der Waals surface area (Å²) in [5.74, 6) is -0.184. The van der Waals surface area contributed by atoms with Crippen LogP contribution in [0.15, 0.2) is 0 Å². The molecule has 2 atom stereocenters. The number of Topliss-reactive ketones (excluding diaryl/α,β-unsaturated/α-hetero) is 1. The third kappa shape index (κ3) is 4.23. The van der Waals surface area contributed by atoms with Crippen LogP contribution in [0.1, 0.15) is 90.4 Å². The van der Waals surface area contributed by atoms with Crippen molar-refractivity contribution >= 4 is 17.7 Å². The summed E-state index contributed by atoms with van der Waals surface area (Å²) in [7, 11) is 1.74. The van der Waals surface area contributed by atoms with E-state index in [1.54, 1.807) is 11.9 Å². The molecule has 0 aromatic rings. The second-order valence-electron chi connectivity index (χ2n) is 10.8. The highest BCUT2D eigenvalue weighted by atomic mass is 16.2. The Bertz CT molecular complexity index is 710. The van der Waals surface area contributed by atoms with Crippen molar-refractivity contribution in [2.75, 3.05) is 26.8 Å². The highest BCUT2D eigenvalue weighted by molar-refractivity contribution is 6.09.